The molecule has 25 heavy (non-hydrogen) atoms. The molecule has 136 valence electrons. The Morgan fingerprint density at radius 1 is 1.32 bits per heavy atom. The third-order valence-corrected chi connectivity index (χ3v) is 7.90. The Labute approximate surface area is 146 Å². The normalized spacial score (nSPS) is 23.0. The Morgan fingerprint density at radius 2 is 2.08 bits per heavy atom. The number of sulfone groups is 1. The molecular weight excluding hydrogens is 346 g/mol. The Bertz CT molecular complexity index is 784. The van der Waals surface area contributed by atoms with Crippen molar-refractivity contribution in [1.29, 1.82) is 0 Å². The van der Waals surface area contributed by atoms with E-state index in [4.69, 9.17) is 9.84 Å². The standard InChI is InChI=1S/C17H21NO6S/c19-15(14-5-10-25(22,23)17(14)6-2-7-17)18-8-9-24-13-4-1-3-12(11-13)16(20)21/h1,3-4,11,14H,2,5-10H2,(H,18,19)(H,20,21). The highest BCUT2D eigenvalue weighted by molar-refractivity contribution is 7.93. The van der Waals surface area contributed by atoms with E-state index in [0.29, 0.717) is 25.0 Å². The van der Waals surface area contributed by atoms with Gasteiger partial charge in [0.1, 0.15) is 12.4 Å². The number of amides is 1. The van der Waals surface area contributed by atoms with Crippen molar-refractivity contribution >= 4 is 21.7 Å². The molecule has 1 atom stereocenters. The SMILES string of the molecule is O=C(O)c1cccc(OCCNC(=O)C2CCS(=O)(=O)C23CCC3)c1. The second-order valence-corrected chi connectivity index (χ2v) is 9.00. The minimum absolute atomic E-state index is 0.0869. The Kier molecular flexibility index (Phi) is 4.73. The van der Waals surface area contributed by atoms with Crippen LogP contribution in [-0.4, -0.2) is 49.1 Å². The number of rotatable bonds is 6. The van der Waals surface area contributed by atoms with E-state index >= 15 is 0 Å². The number of hydrogen-bond acceptors (Lipinski definition) is 5. The molecule has 1 aliphatic carbocycles. The number of carbonyl (C=O) groups excluding carboxylic acids is 1. The summed E-state index contributed by atoms with van der Waals surface area (Å²) >= 11 is 0. The van der Waals surface area contributed by atoms with Gasteiger partial charge >= 0.3 is 5.97 Å². The third-order valence-electron chi connectivity index (χ3n) is 5.20. The number of nitrogens with one attached hydrogen (secondary N) is 1. The molecule has 2 fully saturated rings. The Balaban J connectivity index is 1.50. The molecule has 1 saturated carbocycles. The minimum Gasteiger partial charge on any atom is -0.492 e. The van der Waals surface area contributed by atoms with E-state index in [1.807, 2.05) is 0 Å². The summed E-state index contributed by atoms with van der Waals surface area (Å²) in [6, 6.07) is 6.11. The van der Waals surface area contributed by atoms with Crippen LogP contribution < -0.4 is 10.1 Å². The van der Waals surface area contributed by atoms with Crippen molar-refractivity contribution in [2.45, 2.75) is 30.4 Å². The second-order valence-electron chi connectivity index (χ2n) is 6.55. The average Bonchev–Trinajstić information content (AvgIpc) is 2.82. The zero-order valence-corrected chi connectivity index (χ0v) is 14.5. The first-order valence-electron chi connectivity index (χ1n) is 8.32. The molecule has 1 aliphatic heterocycles. The van der Waals surface area contributed by atoms with Crippen LogP contribution in [0.5, 0.6) is 5.75 Å². The van der Waals surface area contributed by atoms with E-state index in [2.05, 4.69) is 5.32 Å². The van der Waals surface area contributed by atoms with E-state index < -0.39 is 26.5 Å². The quantitative estimate of drug-likeness (QED) is 0.732. The smallest absolute Gasteiger partial charge is 0.335 e. The zero-order valence-electron chi connectivity index (χ0n) is 13.7. The van der Waals surface area contributed by atoms with Gasteiger partial charge in [-0.05, 0) is 37.5 Å². The lowest BCUT2D eigenvalue weighted by molar-refractivity contribution is -0.126. The highest BCUT2D eigenvalue weighted by Gasteiger charge is 2.60. The van der Waals surface area contributed by atoms with Crippen LogP contribution in [0.3, 0.4) is 0 Å². The molecule has 1 unspecified atom stereocenters. The molecule has 1 heterocycles. The molecular formula is C17H21NO6S. The van der Waals surface area contributed by atoms with Crippen LogP contribution in [0.2, 0.25) is 0 Å². The lowest BCUT2D eigenvalue weighted by Crippen LogP contribution is -2.52. The van der Waals surface area contributed by atoms with Gasteiger partial charge in [0.05, 0.1) is 28.5 Å². The van der Waals surface area contributed by atoms with Crippen LogP contribution in [0.25, 0.3) is 0 Å². The molecule has 0 aromatic heterocycles. The van der Waals surface area contributed by atoms with Gasteiger partial charge in [0.15, 0.2) is 9.84 Å². The summed E-state index contributed by atoms with van der Waals surface area (Å²) in [6.07, 6.45) is 2.39. The zero-order chi connectivity index (χ0) is 18.1. The maximum atomic E-state index is 12.4. The fraction of sp³-hybridized carbons (Fsp3) is 0.529. The summed E-state index contributed by atoms with van der Waals surface area (Å²) in [5.41, 5.74) is 0.129. The van der Waals surface area contributed by atoms with Gasteiger partial charge < -0.3 is 15.2 Å². The van der Waals surface area contributed by atoms with Gasteiger partial charge in [-0.15, -0.1) is 0 Å². The molecule has 1 amide bonds. The molecule has 1 aromatic carbocycles. The van der Waals surface area contributed by atoms with E-state index in [1.54, 1.807) is 12.1 Å². The molecule has 3 rings (SSSR count). The summed E-state index contributed by atoms with van der Waals surface area (Å²) in [7, 11) is -3.18. The summed E-state index contributed by atoms with van der Waals surface area (Å²) in [4.78, 5) is 23.3. The summed E-state index contributed by atoms with van der Waals surface area (Å²) in [5, 5.41) is 11.7. The third kappa shape index (κ3) is 3.22. The number of carboxylic acid groups (broad SMARTS) is 1. The number of aromatic carboxylic acids is 1. The first-order valence-corrected chi connectivity index (χ1v) is 9.97. The number of benzene rings is 1. The van der Waals surface area contributed by atoms with Crippen molar-refractivity contribution in [3.8, 4) is 5.75 Å². The highest BCUT2D eigenvalue weighted by Crippen LogP contribution is 2.51. The van der Waals surface area contributed by atoms with Crippen molar-refractivity contribution < 1.29 is 27.9 Å². The molecule has 7 nitrogen and oxygen atoms in total. The minimum atomic E-state index is -3.18. The topological polar surface area (TPSA) is 110 Å². The van der Waals surface area contributed by atoms with Crippen molar-refractivity contribution in [1.82, 2.24) is 5.32 Å². The van der Waals surface area contributed by atoms with E-state index in [-0.39, 0.29) is 30.4 Å². The number of hydrogen-bond donors (Lipinski definition) is 2. The molecule has 1 saturated heterocycles. The van der Waals surface area contributed by atoms with Gasteiger partial charge in [0, 0.05) is 0 Å². The molecule has 8 heteroatoms. The predicted octanol–water partition coefficient (Wildman–Crippen LogP) is 1.24. The first-order chi connectivity index (χ1) is 11.9. The van der Waals surface area contributed by atoms with Crippen LogP contribution in [0.15, 0.2) is 24.3 Å². The summed E-state index contributed by atoms with van der Waals surface area (Å²) in [5.74, 6) is -1.24. The molecule has 0 radical (unpaired) electrons. The van der Waals surface area contributed by atoms with Crippen molar-refractivity contribution in [3.63, 3.8) is 0 Å². The van der Waals surface area contributed by atoms with Crippen molar-refractivity contribution in [2.24, 2.45) is 5.92 Å². The largest absolute Gasteiger partial charge is 0.492 e. The highest BCUT2D eigenvalue weighted by atomic mass is 32.2. The number of carboxylic acids is 1. The maximum Gasteiger partial charge on any atom is 0.335 e. The van der Waals surface area contributed by atoms with Crippen LogP contribution >= 0.6 is 0 Å². The molecule has 2 aliphatic rings. The van der Waals surface area contributed by atoms with Gasteiger partial charge in [-0.2, -0.15) is 0 Å². The molecule has 1 spiro atoms. The van der Waals surface area contributed by atoms with Gasteiger partial charge in [-0.25, -0.2) is 13.2 Å². The van der Waals surface area contributed by atoms with E-state index in [1.165, 1.54) is 12.1 Å². The van der Waals surface area contributed by atoms with Crippen molar-refractivity contribution in [2.75, 3.05) is 18.9 Å². The predicted molar refractivity (Wildman–Crippen MR) is 90.4 cm³/mol. The molecule has 0 bridgehead atoms. The summed E-state index contributed by atoms with van der Waals surface area (Å²) < 4.78 is 29.1. The summed E-state index contributed by atoms with van der Waals surface area (Å²) in [6.45, 7) is 0.421. The Morgan fingerprint density at radius 3 is 2.72 bits per heavy atom. The van der Waals surface area contributed by atoms with E-state index in [9.17, 15) is 18.0 Å². The second kappa shape index (κ2) is 6.67. The fourth-order valence-electron chi connectivity index (χ4n) is 3.70. The molecule has 1 aromatic rings. The van der Waals surface area contributed by atoms with Gasteiger partial charge in [-0.1, -0.05) is 12.5 Å². The lowest BCUT2D eigenvalue weighted by Gasteiger charge is -2.41. The lowest BCUT2D eigenvalue weighted by atomic mass is 9.73. The first kappa shape index (κ1) is 17.7. The van der Waals surface area contributed by atoms with Crippen LogP contribution in [0.1, 0.15) is 36.0 Å². The fourth-order valence-corrected chi connectivity index (χ4v) is 6.22. The van der Waals surface area contributed by atoms with Crippen LogP contribution in [-0.2, 0) is 14.6 Å². The van der Waals surface area contributed by atoms with Gasteiger partial charge in [0.2, 0.25) is 5.91 Å². The van der Waals surface area contributed by atoms with E-state index in [0.717, 1.165) is 6.42 Å². The number of carbonyl (C=O) groups is 2. The molecule has 2 N–H and O–H groups in total. The maximum absolute atomic E-state index is 12.4. The van der Waals surface area contributed by atoms with Gasteiger partial charge in [-0.3, -0.25) is 4.79 Å². The van der Waals surface area contributed by atoms with Crippen LogP contribution in [0.4, 0.5) is 0 Å². The monoisotopic (exact) mass is 367 g/mol. The average molecular weight is 367 g/mol. The van der Waals surface area contributed by atoms with Crippen molar-refractivity contribution in [3.05, 3.63) is 29.8 Å². The number of ether oxygens (including phenoxy) is 1. The van der Waals surface area contributed by atoms with Crippen LogP contribution in [0, 0.1) is 5.92 Å². The Hall–Kier alpha value is -2.09. The van der Waals surface area contributed by atoms with Gasteiger partial charge in [0.25, 0.3) is 0 Å².